The largest absolute Gasteiger partial charge is 0.270 e. The molecule has 0 spiro atoms. The van der Waals surface area contributed by atoms with Crippen LogP contribution in [-0.4, -0.2) is 20.8 Å². The summed E-state index contributed by atoms with van der Waals surface area (Å²) in [5.41, 5.74) is 4.08. The molecule has 8 heteroatoms. The van der Waals surface area contributed by atoms with Gasteiger partial charge in [0.05, 0.1) is 10.6 Å². The predicted molar refractivity (Wildman–Crippen MR) is 93.5 cm³/mol. The van der Waals surface area contributed by atoms with Crippen molar-refractivity contribution in [1.29, 1.82) is 0 Å². The number of hydrogen-bond acceptors (Lipinski definition) is 6. The van der Waals surface area contributed by atoms with Crippen molar-refractivity contribution in [3.8, 4) is 0 Å². The lowest BCUT2D eigenvalue weighted by Gasteiger charge is -2.06. The number of nitrogens with one attached hydrogen (secondary N) is 1. The second kappa shape index (κ2) is 6.59. The number of non-ortho nitro benzene ring substituents is 1. The summed E-state index contributed by atoms with van der Waals surface area (Å²) in [5.74, 6) is 0.458. The number of anilines is 1. The molecule has 1 N–H and O–H groups in total. The molecule has 7 nitrogen and oxygen atoms in total. The second-order valence-corrected chi connectivity index (χ2v) is 5.36. The number of fused-ring (bicyclic) bond motifs is 1. The SMILES string of the molecule is CC(=NNc1nnc(Cl)c2ccccc12)c1cccc([N+](=O)[O-])c1. The summed E-state index contributed by atoms with van der Waals surface area (Å²) in [6.45, 7) is 1.75. The molecule has 0 bridgehead atoms. The first-order chi connectivity index (χ1) is 11.6. The van der Waals surface area contributed by atoms with Gasteiger partial charge in [-0.3, -0.25) is 15.5 Å². The van der Waals surface area contributed by atoms with Crippen LogP contribution in [0.25, 0.3) is 10.8 Å². The summed E-state index contributed by atoms with van der Waals surface area (Å²) in [4.78, 5) is 10.4. The summed E-state index contributed by atoms with van der Waals surface area (Å²) in [6, 6.07) is 13.7. The average Bonchev–Trinajstić information content (AvgIpc) is 2.61. The molecular weight excluding hydrogens is 330 g/mol. The van der Waals surface area contributed by atoms with Gasteiger partial charge in [0.1, 0.15) is 0 Å². The molecule has 0 saturated heterocycles. The summed E-state index contributed by atoms with van der Waals surface area (Å²) in [7, 11) is 0. The van der Waals surface area contributed by atoms with Crippen molar-refractivity contribution >= 4 is 39.6 Å². The summed E-state index contributed by atoms with van der Waals surface area (Å²) in [5, 5.41) is 24.9. The lowest BCUT2D eigenvalue weighted by Crippen LogP contribution is -2.03. The highest BCUT2D eigenvalue weighted by atomic mass is 35.5. The van der Waals surface area contributed by atoms with E-state index in [2.05, 4.69) is 20.7 Å². The number of nitro benzene ring substituents is 1. The number of nitro groups is 1. The Kier molecular flexibility index (Phi) is 4.35. The summed E-state index contributed by atoms with van der Waals surface area (Å²) < 4.78 is 0. The van der Waals surface area contributed by atoms with Gasteiger partial charge < -0.3 is 0 Å². The van der Waals surface area contributed by atoms with Crippen molar-refractivity contribution in [1.82, 2.24) is 10.2 Å². The molecule has 1 heterocycles. The van der Waals surface area contributed by atoms with E-state index in [9.17, 15) is 10.1 Å². The van der Waals surface area contributed by atoms with Crippen molar-refractivity contribution in [2.75, 3.05) is 5.43 Å². The first-order valence-corrected chi connectivity index (χ1v) is 7.40. The molecule has 0 aliphatic rings. The van der Waals surface area contributed by atoms with Crippen molar-refractivity contribution in [3.05, 3.63) is 69.4 Å². The van der Waals surface area contributed by atoms with Crippen LogP contribution in [0.15, 0.2) is 53.6 Å². The normalized spacial score (nSPS) is 11.5. The van der Waals surface area contributed by atoms with E-state index in [1.807, 2.05) is 24.3 Å². The molecule has 0 atom stereocenters. The van der Waals surface area contributed by atoms with E-state index < -0.39 is 4.92 Å². The molecule has 3 rings (SSSR count). The fourth-order valence-corrected chi connectivity index (χ4v) is 2.40. The first-order valence-electron chi connectivity index (χ1n) is 7.02. The molecule has 3 aromatic rings. The molecule has 0 fully saturated rings. The Morgan fingerprint density at radius 1 is 1.17 bits per heavy atom. The Morgan fingerprint density at radius 3 is 2.67 bits per heavy atom. The number of hydrazone groups is 1. The monoisotopic (exact) mass is 341 g/mol. The fraction of sp³-hybridized carbons (Fsp3) is 0.0625. The Morgan fingerprint density at radius 2 is 1.92 bits per heavy atom. The van der Waals surface area contributed by atoms with E-state index in [0.717, 1.165) is 10.8 Å². The van der Waals surface area contributed by atoms with Crippen molar-refractivity contribution in [2.24, 2.45) is 5.10 Å². The van der Waals surface area contributed by atoms with E-state index in [1.165, 1.54) is 12.1 Å². The molecular formula is C16H12ClN5O2. The van der Waals surface area contributed by atoms with Gasteiger partial charge in [-0.15, -0.1) is 10.2 Å². The van der Waals surface area contributed by atoms with Crippen LogP contribution >= 0.6 is 11.6 Å². The van der Waals surface area contributed by atoms with Crippen molar-refractivity contribution < 1.29 is 4.92 Å². The van der Waals surface area contributed by atoms with Crippen LogP contribution in [0.3, 0.4) is 0 Å². The first kappa shape index (κ1) is 15.8. The minimum atomic E-state index is -0.442. The third-order valence-electron chi connectivity index (χ3n) is 3.45. The zero-order valence-electron chi connectivity index (χ0n) is 12.6. The van der Waals surface area contributed by atoms with Gasteiger partial charge in [-0.2, -0.15) is 5.10 Å². The number of hydrogen-bond donors (Lipinski definition) is 1. The highest BCUT2D eigenvalue weighted by Crippen LogP contribution is 2.25. The Labute approximate surface area is 142 Å². The van der Waals surface area contributed by atoms with Crippen LogP contribution in [0.4, 0.5) is 11.5 Å². The van der Waals surface area contributed by atoms with Crippen LogP contribution in [0.1, 0.15) is 12.5 Å². The number of nitrogens with zero attached hydrogens (tertiary/aromatic N) is 4. The van der Waals surface area contributed by atoms with Gasteiger partial charge in [-0.1, -0.05) is 48.0 Å². The van der Waals surface area contributed by atoms with Gasteiger partial charge in [0.25, 0.3) is 5.69 Å². The zero-order chi connectivity index (χ0) is 17.1. The molecule has 0 aliphatic carbocycles. The Balaban J connectivity index is 1.92. The summed E-state index contributed by atoms with van der Waals surface area (Å²) >= 11 is 6.03. The van der Waals surface area contributed by atoms with E-state index >= 15 is 0 Å². The molecule has 0 aliphatic heterocycles. The van der Waals surface area contributed by atoms with Crippen molar-refractivity contribution in [2.45, 2.75) is 6.92 Å². The van der Waals surface area contributed by atoms with Gasteiger partial charge >= 0.3 is 0 Å². The zero-order valence-corrected chi connectivity index (χ0v) is 13.4. The van der Waals surface area contributed by atoms with Gasteiger partial charge in [0, 0.05) is 28.5 Å². The maximum atomic E-state index is 10.9. The number of benzene rings is 2. The van der Waals surface area contributed by atoms with Gasteiger partial charge in [0.15, 0.2) is 11.0 Å². The van der Waals surface area contributed by atoms with Gasteiger partial charge in [-0.25, -0.2) is 0 Å². The maximum Gasteiger partial charge on any atom is 0.270 e. The highest BCUT2D eigenvalue weighted by molar-refractivity contribution is 6.34. The summed E-state index contributed by atoms with van der Waals surface area (Å²) in [6.07, 6.45) is 0. The van der Waals surface area contributed by atoms with E-state index in [0.29, 0.717) is 22.2 Å². The highest BCUT2D eigenvalue weighted by Gasteiger charge is 2.09. The van der Waals surface area contributed by atoms with Crippen LogP contribution in [-0.2, 0) is 0 Å². The third-order valence-corrected chi connectivity index (χ3v) is 3.73. The topological polar surface area (TPSA) is 93.3 Å². The Hall–Kier alpha value is -3.06. The third kappa shape index (κ3) is 3.16. The average molecular weight is 342 g/mol. The molecule has 1 aromatic heterocycles. The minimum absolute atomic E-state index is 0.0128. The second-order valence-electron chi connectivity index (χ2n) is 5.00. The van der Waals surface area contributed by atoms with Crippen LogP contribution in [0.5, 0.6) is 0 Å². The van der Waals surface area contributed by atoms with Crippen molar-refractivity contribution in [3.63, 3.8) is 0 Å². The molecule has 0 amide bonds. The van der Waals surface area contributed by atoms with E-state index in [-0.39, 0.29) is 5.69 Å². The van der Waals surface area contributed by atoms with Crippen LogP contribution in [0, 0.1) is 10.1 Å². The lowest BCUT2D eigenvalue weighted by molar-refractivity contribution is -0.384. The van der Waals surface area contributed by atoms with Crippen LogP contribution < -0.4 is 5.43 Å². The van der Waals surface area contributed by atoms with Crippen LogP contribution in [0.2, 0.25) is 5.15 Å². The molecule has 0 unspecified atom stereocenters. The quantitative estimate of drug-likeness (QED) is 0.439. The minimum Gasteiger partial charge on any atom is -0.259 e. The van der Waals surface area contributed by atoms with E-state index in [1.54, 1.807) is 19.1 Å². The molecule has 120 valence electrons. The predicted octanol–water partition coefficient (Wildman–Crippen LogP) is 4.03. The Bertz CT molecular complexity index is 958. The van der Waals surface area contributed by atoms with E-state index in [4.69, 9.17) is 11.6 Å². The van der Waals surface area contributed by atoms with Gasteiger partial charge in [-0.05, 0) is 6.92 Å². The molecule has 0 radical (unpaired) electrons. The standard InChI is InChI=1S/C16H12ClN5O2/c1-10(11-5-4-6-12(9-11)22(23)24)18-20-16-14-8-3-2-7-13(14)15(17)19-21-16/h2-9H,1H3,(H,20,21). The smallest absolute Gasteiger partial charge is 0.259 e. The lowest BCUT2D eigenvalue weighted by atomic mass is 10.1. The molecule has 0 saturated carbocycles. The van der Waals surface area contributed by atoms with Gasteiger partial charge in [0.2, 0.25) is 0 Å². The number of halogens is 1. The number of rotatable bonds is 4. The number of aromatic nitrogens is 2. The maximum absolute atomic E-state index is 10.9. The molecule has 2 aromatic carbocycles. The fourth-order valence-electron chi connectivity index (χ4n) is 2.20. The molecule has 24 heavy (non-hydrogen) atoms.